The van der Waals surface area contributed by atoms with E-state index in [-0.39, 0.29) is 0 Å². The first-order valence-corrected chi connectivity index (χ1v) is 10.7. The summed E-state index contributed by atoms with van der Waals surface area (Å²) in [6.07, 6.45) is 3.55. The van der Waals surface area contributed by atoms with E-state index >= 15 is 0 Å². The van der Waals surface area contributed by atoms with Crippen molar-refractivity contribution in [3.63, 3.8) is 0 Å². The van der Waals surface area contributed by atoms with Crippen LogP contribution in [0.1, 0.15) is 18.4 Å². The highest BCUT2D eigenvalue weighted by Crippen LogP contribution is 2.23. The molecule has 3 aromatic carbocycles. The molecule has 0 radical (unpaired) electrons. The second-order valence-corrected chi connectivity index (χ2v) is 8.01. The molecule has 148 valence electrons. The zero-order chi connectivity index (χ0) is 19.9. The summed E-state index contributed by atoms with van der Waals surface area (Å²) >= 11 is 5.66. The minimum Gasteiger partial charge on any atom is -0.356 e. The second-order valence-electron chi connectivity index (χ2n) is 7.62. The van der Waals surface area contributed by atoms with E-state index in [1.807, 2.05) is 18.2 Å². The molecule has 0 aliphatic carbocycles. The van der Waals surface area contributed by atoms with Crippen LogP contribution in [-0.4, -0.2) is 23.1 Å². The summed E-state index contributed by atoms with van der Waals surface area (Å²) in [5.41, 5.74) is 4.62. The molecule has 0 atom stereocenters. The maximum absolute atomic E-state index is 5.66. The van der Waals surface area contributed by atoms with E-state index in [1.54, 1.807) is 0 Å². The third-order valence-corrected chi connectivity index (χ3v) is 5.83. The number of nitrogens with one attached hydrogen (secondary N) is 2. The molecule has 1 saturated heterocycles. The zero-order valence-corrected chi connectivity index (χ0v) is 17.4. The maximum Gasteiger partial charge on any atom is 0.173 e. The molecule has 0 amide bonds. The largest absolute Gasteiger partial charge is 0.356 e. The van der Waals surface area contributed by atoms with Crippen LogP contribution in [0.2, 0.25) is 0 Å². The summed E-state index contributed by atoms with van der Waals surface area (Å²) in [6.45, 7) is 2.05. The van der Waals surface area contributed by atoms with E-state index in [0.29, 0.717) is 0 Å². The van der Waals surface area contributed by atoms with Gasteiger partial charge in [-0.25, -0.2) is 0 Å². The number of rotatable bonds is 5. The molecule has 1 heterocycles. The highest BCUT2D eigenvalue weighted by Gasteiger charge is 2.21. The lowest BCUT2D eigenvalue weighted by Gasteiger charge is -2.34. The SMILES string of the molecule is S=C(Nc1ccc(Nc2ccccc2)cc1)N1CCC(Cc2ccccc2)CC1. The van der Waals surface area contributed by atoms with Gasteiger partial charge in [0.05, 0.1) is 0 Å². The minimum absolute atomic E-state index is 0.750. The third-order valence-electron chi connectivity index (χ3n) is 5.47. The number of likely N-dealkylation sites (tertiary alicyclic amines) is 1. The van der Waals surface area contributed by atoms with E-state index < -0.39 is 0 Å². The van der Waals surface area contributed by atoms with E-state index in [4.69, 9.17) is 12.2 Å². The normalized spacial score (nSPS) is 14.4. The van der Waals surface area contributed by atoms with Gasteiger partial charge in [-0.1, -0.05) is 48.5 Å². The number of thiocarbonyl (C=S) groups is 1. The molecule has 0 unspecified atom stereocenters. The Hall–Kier alpha value is -2.85. The van der Waals surface area contributed by atoms with Crippen molar-refractivity contribution in [2.24, 2.45) is 5.92 Å². The molecule has 1 fully saturated rings. The lowest BCUT2D eigenvalue weighted by atomic mass is 9.90. The molecule has 4 heteroatoms. The number of benzene rings is 3. The number of para-hydroxylation sites is 1. The molecule has 3 aromatic rings. The maximum atomic E-state index is 5.66. The first-order chi connectivity index (χ1) is 14.3. The molecule has 2 N–H and O–H groups in total. The Kier molecular flexibility index (Phi) is 6.42. The van der Waals surface area contributed by atoms with Gasteiger partial charge in [0, 0.05) is 30.2 Å². The fourth-order valence-corrected chi connectivity index (χ4v) is 4.12. The minimum atomic E-state index is 0.750. The van der Waals surface area contributed by atoms with E-state index in [0.717, 1.165) is 41.2 Å². The van der Waals surface area contributed by atoms with Crippen LogP contribution < -0.4 is 10.6 Å². The molecular weight excluding hydrogens is 374 g/mol. The van der Waals surface area contributed by atoms with Crippen LogP contribution in [0.4, 0.5) is 17.1 Å². The number of nitrogens with zero attached hydrogens (tertiary/aromatic N) is 1. The highest BCUT2D eigenvalue weighted by atomic mass is 32.1. The van der Waals surface area contributed by atoms with Crippen molar-refractivity contribution in [3.8, 4) is 0 Å². The summed E-state index contributed by atoms with van der Waals surface area (Å²) in [6, 6.07) is 29.3. The molecule has 29 heavy (non-hydrogen) atoms. The van der Waals surface area contributed by atoms with Gasteiger partial charge >= 0.3 is 0 Å². The van der Waals surface area contributed by atoms with Gasteiger partial charge in [-0.05, 0) is 79.4 Å². The van der Waals surface area contributed by atoms with E-state index in [1.165, 1.54) is 24.8 Å². The van der Waals surface area contributed by atoms with Crippen molar-refractivity contribution in [1.82, 2.24) is 4.90 Å². The lowest BCUT2D eigenvalue weighted by molar-refractivity contribution is 0.268. The third kappa shape index (κ3) is 5.58. The molecular formula is C25H27N3S. The molecule has 0 aromatic heterocycles. The summed E-state index contributed by atoms with van der Waals surface area (Å²) in [5.74, 6) is 0.750. The molecule has 0 saturated carbocycles. The van der Waals surface area contributed by atoms with E-state index in [2.05, 4.69) is 82.3 Å². The Labute approximate surface area is 178 Å². The zero-order valence-electron chi connectivity index (χ0n) is 16.6. The molecule has 0 spiro atoms. The fourth-order valence-electron chi connectivity index (χ4n) is 3.82. The molecule has 1 aliphatic heterocycles. The summed E-state index contributed by atoms with van der Waals surface area (Å²) in [4.78, 5) is 2.30. The van der Waals surface area contributed by atoms with Crippen molar-refractivity contribution in [2.45, 2.75) is 19.3 Å². The topological polar surface area (TPSA) is 27.3 Å². The lowest BCUT2D eigenvalue weighted by Crippen LogP contribution is -2.41. The molecule has 0 bridgehead atoms. The summed E-state index contributed by atoms with van der Waals surface area (Å²) in [7, 11) is 0. The number of hydrogen-bond donors (Lipinski definition) is 2. The Balaban J connectivity index is 1.25. The van der Waals surface area contributed by atoms with Crippen LogP contribution in [-0.2, 0) is 6.42 Å². The smallest absolute Gasteiger partial charge is 0.173 e. The van der Waals surface area contributed by atoms with Crippen molar-refractivity contribution in [3.05, 3.63) is 90.5 Å². The molecule has 4 rings (SSSR count). The van der Waals surface area contributed by atoms with Crippen molar-refractivity contribution in [1.29, 1.82) is 0 Å². The Morgan fingerprint density at radius 2 is 1.31 bits per heavy atom. The molecule has 1 aliphatic rings. The average Bonchev–Trinajstić information content (AvgIpc) is 2.77. The summed E-state index contributed by atoms with van der Waals surface area (Å²) < 4.78 is 0. The predicted octanol–water partition coefficient (Wildman–Crippen LogP) is 6.08. The fraction of sp³-hybridized carbons (Fsp3) is 0.240. The van der Waals surface area contributed by atoms with Crippen LogP contribution in [0.15, 0.2) is 84.9 Å². The quantitative estimate of drug-likeness (QED) is 0.507. The predicted molar refractivity (Wildman–Crippen MR) is 127 cm³/mol. The van der Waals surface area contributed by atoms with Gasteiger partial charge in [-0.2, -0.15) is 0 Å². The van der Waals surface area contributed by atoms with Crippen LogP contribution in [0.25, 0.3) is 0 Å². The Bertz CT molecular complexity index is 902. The van der Waals surface area contributed by atoms with Gasteiger partial charge in [-0.3, -0.25) is 0 Å². The second kappa shape index (κ2) is 9.57. The molecule has 3 nitrogen and oxygen atoms in total. The van der Waals surface area contributed by atoms with E-state index in [9.17, 15) is 0 Å². The van der Waals surface area contributed by atoms with Crippen molar-refractivity contribution in [2.75, 3.05) is 23.7 Å². The standard InChI is InChI=1S/C25H27N3S/c29-25(28-17-15-21(16-18-28)19-20-7-3-1-4-8-20)27-24-13-11-23(12-14-24)26-22-9-5-2-6-10-22/h1-14,21,26H,15-19H2,(H,27,29). The van der Waals surface area contributed by atoms with Gasteiger partial charge in [0.1, 0.15) is 0 Å². The number of hydrogen-bond acceptors (Lipinski definition) is 2. The van der Waals surface area contributed by atoms with Crippen LogP contribution in [0.5, 0.6) is 0 Å². The Morgan fingerprint density at radius 3 is 1.97 bits per heavy atom. The Morgan fingerprint density at radius 1 is 0.759 bits per heavy atom. The summed E-state index contributed by atoms with van der Waals surface area (Å²) in [5, 5.41) is 7.62. The van der Waals surface area contributed by atoms with Crippen molar-refractivity contribution < 1.29 is 0 Å². The van der Waals surface area contributed by atoms with Crippen LogP contribution >= 0.6 is 12.2 Å². The number of piperidine rings is 1. The monoisotopic (exact) mass is 401 g/mol. The van der Waals surface area contributed by atoms with Crippen LogP contribution in [0.3, 0.4) is 0 Å². The van der Waals surface area contributed by atoms with Gasteiger partial charge in [0.25, 0.3) is 0 Å². The van der Waals surface area contributed by atoms with Gasteiger partial charge in [-0.15, -0.1) is 0 Å². The number of anilines is 3. The van der Waals surface area contributed by atoms with Crippen molar-refractivity contribution >= 4 is 34.4 Å². The first kappa shape index (κ1) is 19.5. The first-order valence-electron chi connectivity index (χ1n) is 10.3. The average molecular weight is 402 g/mol. The highest BCUT2D eigenvalue weighted by molar-refractivity contribution is 7.80. The van der Waals surface area contributed by atoms with Crippen LogP contribution in [0, 0.1) is 5.92 Å². The van der Waals surface area contributed by atoms with Gasteiger partial charge < -0.3 is 15.5 Å². The van der Waals surface area contributed by atoms with Gasteiger partial charge in [0.15, 0.2) is 5.11 Å². The van der Waals surface area contributed by atoms with Gasteiger partial charge in [0.2, 0.25) is 0 Å².